The van der Waals surface area contributed by atoms with Gasteiger partial charge in [0.2, 0.25) is 6.23 Å². The number of methoxy groups -OCH3 is 1. The molecule has 2 heterocycles. The molecule has 0 spiro atoms. The Balaban J connectivity index is 1.62. The number of halogens is 1. The number of ether oxygens (including phenoxy) is 2. The van der Waals surface area contributed by atoms with E-state index in [1.54, 1.807) is 30.3 Å². The van der Waals surface area contributed by atoms with Crippen LogP contribution in [0.25, 0.3) is 0 Å². The first-order valence-corrected chi connectivity index (χ1v) is 9.90. The highest BCUT2D eigenvalue weighted by molar-refractivity contribution is 6.30. The molecule has 0 aliphatic carbocycles. The standard InChI is InChI=1S/C23H19ClN2O4/c1-29-22-8-6-13(10-20(22)28)23-26-18(16-11-14(24)7-9-21(16)30-23)12-17(25-26)15-4-2-3-5-19(15)27/h2-11,18,23,27-28H,12H2,1H3/t18-,23+/m0/s1. The number of aromatic hydroxyl groups is 2. The summed E-state index contributed by atoms with van der Waals surface area (Å²) in [7, 11) is 1.51. The third kappa shape index (κ3) is 3.00. The number of para-hydroxylation sites is 1. The molecule has 152 valence electrons. The Kier molecular flexibility index (Phi) is 4.44. The summed E-state index contributed by atoms with van der Waals surface area (Å²) in [4.78, 5) is 0. The quantitative estimate of drug-likeness (QED) is 0.621. The Hall–Kier alpha value is -3.38. The van der Waals surface area contributed by atoms with Gasteiger partial charge in [-0.15, -0.1) is 0 Å². The normalized spacial score (nSPS) is 19.5. The van der Waals surface area contributed by atoms with Gasteiger partial charge in [-0.25, -0.2) is 5.01 Å². The molecule has 30 heavy (non-hydrogen) atoms. The summed E-state index contributed by atoms with van der Waals surface area (Å²) in [6.07, 6.45) is 0.0382. The number of phenolic OH excluding ortho intramolecular Hbond substituents is 2. The molecule has 5 rings (SSSR count). The van der Waals surface area contributed by atoms with Crippen molar-refractivity contribution in [3.63, 3.8) is 0 Å². The van der Waals surface area contributed by atoms with Crippen molar-refractivity contribution in [2.75, 3.05) is 7.11 Å². The van der Waals surface area contributed by atoms with E-state index in [2.05, 4.69) is 0 Å². The Morgan fingerprint density at radius 2 is 1.90 bits per heavy atom. The Labute approximate surface area is 178 Å². The van der Waals surface area contributed by atoms with Crippen LogP contribution in [0.2, 0.25) is 5.02 Å². The molecule has 7 heteroatoms. The van der Waals surface area contributed by atoms with Crippen molar-refractivity contribution >= 4 is 17.3 Å². The second-order valence-electron chi connectivity index (χ2n) is 7.25. The van der Waals surface area contributed by atoms with Gasteiger partial charge in [-0.1, -0.05) is 23.7 Å². The summed E-state index contributed by atoms with van der Waals surface area (Å²) >= 11 is 6.25. The van der Waals surface area contributed by atoms with Crippen LogP contribution in [-0.2, 0) is 0 Å². The fourth-order valence-corrected chi connectivity index (χ4v) is 4.20. The molecule has 0 radical (unpaired) electrons. The zero-order chi connectivity index (χ0) is 20.8. The maximum atomic E-state index is 10.3. The minimum Gasteiger partial charge on any atom is -0.507 e. The van der Waals surface area contributed by atoms with Crippen molar-refractivity contribution in [1.29, 1.82) is 0 Å². The highest BCUT2D eigenvalue weighted by atomic mass is 35.5. The van der Waals surface area contributed by atoms with Crippen molar-refractivity contribution in [2.24, 2.45) is 5.10 Å². The summed E-state index contributed by atoms with van der Waals surface area (Å²) < 4.78 is 11.4. The Morgan fingerprint density at radius 1 is 1.07 bits per heavy atom. The molecule has 0 bridgehead atoms. The molecular weight excluding hydrogens is 404 g/mol. The summed E-state index contributed by atoms with van der Waals surface area (Å²) in [6, 6.07) is 17.7. The van der Waals surface area contributed by atoms with Crippen LogP contribution in [0.15, 0.2) is 65.8 Å². The fourth-order valence-electron chi connectivity index (χ4n) is 4.02. The second-order valence-corrected chi connectivity index (χ2v) is 7.68. The monoisotopic (exact) mass is 422 g/mol. The largest absolute Gasteiger partial charge is 0.507 e. The molecule has 3 aromatic carbocycles. The van der Waals surface area contributed by atoms with Gasteiger partial charge >= 0.3 is 0 Å². The molecule has 2 aliphatic heterocycles. The van der Waals surface area contributed by atoms with Gasteiger partial charge in [0, 0.05) is 28.1 Å². The van der Waals surface area contributed by atoms with Crippen molar-refractivity contribution < 1.29 is 19.7 Å². The predicted octanol–water partition coefficient (Wildman–Crippen LogP) is 5.00. The lowest BCUT2D eigenvalue weighted by molar-refractivity contribution is -0.0191. The number of nitrogens with zero attached hydrogens (tertiary/aromatic N) is 2. The van der Waals surface area contributed by atoms with E-state index in [9.17, 15) is 10.2 Å². The average Bonchev–Trinajstić information content (AvgIpc) is 3.19. The number of hydrazone groups is 1. The first kappa shape index (κ1) is 18.6. The van der Waals surface area contributed by atoms with Crippen molar-refractivity contribution in [3.05, 3.63) is 82.4 Å². The highest BCUT2D eigenvalue weighted by Gasteiger charge is 2.41. The maximum absolute atomic E-state index is 10.3. The number of hydrogen-bond acceptors (Lipinski definition) is 6. The zero-order valence-corrected chi connectivity index (χ0v) is 16.9. The van der Waals surface area contributed by atoms with Crippen LogP contribution in [0.5, 0.6) is 23.0 Å². The van der Waals surface area contributed by atoms with E-state index in [1.807, 2.05) is 35.3 Å². The molecule has 3 aromatic rings. The van der Waals surface area contributed by atoms with Gasteiger partial charge < -0.3 is 19.7 Å². The average molecular weight is 423 g/mol. The molecule has 0 fully saturated rings. The zero-order valence-electron chi connectivity index (χ0n) is 16.1. The van der Waals surface area contributed by atoms with Crippen molar-refractivity contribution in [1.82, 2.24) is 5.01 Å². The number of fused-ring (bicyclic) bond motifs is 3. The SMILES string of the molecule is COc1ccc([C@H]2Oc3ccc(Cl)cc3[C@@H]3CC(c4ccccc4O)=NN23)cc1O. The molecule has 0 amide bonds. The fraction of sp³-hybridized carbons (Fsp3) is 0.174. The van der Waals surface area contributed by atoms with E-state index in [0.29, 0.717) is 22.8 Å². The van der Waals surface area contributed by atoms with E-state index in [-0.39, 0.29) is 17.5 Å². The number of hydrogen-bond donors (Lipinski definition) is 2. The molecule has 2 atom stereocenters. The van der Waals surface area contributed by atoms with E-state index in [1.165, 1.54) is 7.11 Å². The maximum Gasteiger partial charge on any atom is 0.214 e. The third-order valence-corrected chi connectivity index (χ3v) is 5.69. The van der Waals surface area contributed by atoms with Crippen molar-refractivity contribution in [3.8, 4) is 23.0 Å². The molecule has 2 N–H and O–H groups in total. The summed E-state index contributed by atoms with van der Waals surface area (Å²) in [5.74, 6) is 1.32. The van der Waals surface area contributed by atoms with Crippen LogP contribution in [0, 0.1) is 0 Å². The Morgan fingerprint density at radius 3 is 2.67 bits per heavy atom. The van der Waals surface area contributed by atoms with Gasteiger partial charge in [0.15, 0.2) is 11.5 Å². The van der Waals surface area contributed by atoms with Gasteiger partial charge in [-0.3, -0.25) is 0 Å². The van der Waals surface area contributed by atoms with Crippen LogP contribution in [0.3, 0.4) is 0 Å². The van der Waals surface area contributed by atoms with Gasteiger partial charge in [-0.05, 0) is 48.5 Å². The first-order chi connectivity index (χ1) is 14.5. The molecule has 0 unspecified atom stereocenters. The molecule has 6 nitrogen and oxygen atoms in total. The first-order valence-electron chi connectivity index (χ1n) is 9.52. The topological polar surface area (TPSA) is 74.5 Å². The molecule has 0 saturated heterocycles. The summed E-state index contributed by atoms with van der Waals surface area (Å²) in [6.45, 7) is 0. The number of rotatable bonds is 3. The smallest absolute Gasteiger partial charge is 0.214 e. The molecule has 0 aromatic heterocycles. The lowest BCUT2D eigenvalue weighted by Crippen LogP contribution is -2.33. The number of phenols is 2. The lowest BCUT2D eigenvalue weighted by atomic mass is 9.95. The summed E-state index contributed by atoms with van der Waals surface area (Å²) in [5.41, 5.74) is 3.12. The predicted molar refractivity (Wildman–Crippen MR) is 113 cm³/mol. The van der Waals surface area contributed by atoms with Gasteiger partial charge in [0.25, 0.3) is 0 Å². The molecule has 2 aliphatic rings. The Bertz CT molecular complexity index is 1160. The molecule has 0 saturated carbocycles. The third-order valence-electron chi connectivity index (χ3n) is 5.45. The van der Waals surface area contributed by atoms with Crippen LogP contribution in [0.4, 0.5) is 0 Å². The second kappa shape index (κ2) is 7.15. The van der Waals surface area contributed by atoms with Gasteiger partial charge in [0.05, 0.1) is 18.9 Å². The minimum absolute atomic E-state index is 0.0288. The number of benzene rings is 3. The van der Waals surface area contributed by atoms with E-state index < -0.39 is 6.23 Å². The van der Waals surface area contributed by atoms with Crippen molar-refractivity contribution in [2.45, 2.75) is 18.7 Å². The summed E-state index contributed by atoms with van der Waals surface area (Å²) in [5, 5.41) is 27.9. The van der Waals surface area contributed by atoms with Crippen LogP contribution in [-0.4, -0.2) is 28.0 Å². The van der Waals surface area contributed by atoms with E-state index in [4.69, 9.17) is 26.2 Å². The lowest BCUT2D eigenvalue weighted by Gasteiger charge is -2.38. The van der Waals surface area contributed by atoms with Crippen LogP contribution >= 0.6 is 11.6 Å². The minimum atomic E-state index is -0.552. The van der Waals surface area contributed by atoms with E-state index in [0.717, 1.165) is 22.6 Å². The van der Waals surface area contributed by atoms with Gasteiger partial charge in [0.1, 0.15) is 11.5 Å². The van der Waals surface area contributed by atoms with Crippen LogP contribution < -0.4 is 9.47 Å². The highest BCUT2D eigenvalue weighted by Crippen LogP contribution is 2.49. The van der Waals surface area contributed by atoms with E-state index >= 15 is 0 Å². The molecular formula is C23H19ClN2O4. The van der Waals surface area contributed by atoms with Gasteiger partial charge in [-0.2, -0.15) is 5.10 Å². The van der Waals surface area contributed by atoms with Crippen LogP contribution in [0.1, 0.15) is 35.4 Å².